The molecule has 0 radical (unpaired) electrons. The Balaban J connectivity index is 3.09. The topological polar surface area (TPSA) is 63.3 Å². The predicted octanol–water partition coefficient (Wildman–Crippen LogP) is 2.38. The van der Waals surface area contributed by atoms with Gasteiger partial charge >= 0.3 is 5.97 Å². The summed E-state index contributed by atoms with van der Waals surface area (Å²) in [7, 11) is 0. The van der Waals surface area contributed by atoms with Crippen molar-refractivity contribution in [2.24, 2.45) is 5.73 Å². The molecule has 82 valence electrons. The van der Waals surface area contributed by atoms with Gasteiger partial charge in [0.25, 0.3) is 0 Å². The van der Waals surface area contributed by atoms with Crippen molar-refractivity contribution >= 4 is 17.6 Å². The molecule has 1 unspecified atom stereocenters. The number of hydrogen-bond donors (Lipinski definition) is 2. The van der Waals surface area contributed by atoms with Gasteiger partial charge in [-0.05, 0) is 23.6 Å². The van der Waals surface area contributed by atoms with Gasteiger partial charge in [0.1, 0.15) is 0 Å². The Bertz CT molecular complexity index is 366. The molecule has 0 saturated carbocycles. The van der Waals surface area contributed by atoms with E-state index in [4.69, 9.17) is 22.4 Å². The quantitative estimate of drug-likeness (QED) is 0.830. The van der Waals surface area contributed by atoms with Crippen LogP contribution in [0.2, 0.25) is 5.02 Å². The normalized spacial score (nSPS) is 12.5. The van der Waals surface area contributed by atoms with E-state index < -0.39 is 11.9 Å². The molecule has 3 N–H and O–H groups in total. The SMILES string of the molecule is CCC(C(=O)O)c1ccc(Cl)c(CN)c1. The number of carbonyl (C=O) groups is 1. The summed E-state index contributed by atoms with van der Waals surface area (Å²) < 4.78 is 0. The van der Waals surface area contributed by atoms with Crippen LogP contribution in [0.3, 0.4) is 0 Å². The van der Waals surface area contributed by atoms with E-state index >= 15 is 0 Å². The highest BCUT2D eigenvalue weighted by Gasteiger charge is 2.18. The monoisotopic (exact) mass is 227 g/mol. The Morgan fingerprint density at radius 3 is 2.73 bits per heavy atom. The van der Waals surface area contributed by atoms with Crippen molar-refractivity contribution in [2.75, 3.05) is 0 Å². The number of halogens is 1. The van der Waals surface area contributed by atoms with Crippen molar-refractivity contribution in [3.05, 3.63) is 34.3 Å². The van der Waals surface area contributed by atoms with Gasteiger partial charge in [-0.2, -0.15) is 0 Å². The molecule has 0 aliphatic heterocycles. The molecule has 3 nitrogen and oxygen atoms in total. The van der Waals surface area contributed by atoms with Crippen molar-refractivity contribution < 1.29 is 9.90 Å². The Hall–Kier alpha value is -1.06. The van der Waals surface area contributed by atoms with Crippen molar-refractivity contribution in [3.8, 4) is 0 Å². The van der Waals surface area contributed by atoms with E-state index in [2.05, 4.69) is 0 Å². The van der Waals surface area contributed by atoms with Gasteiger partial charge in [0.2, 0.25) is 0 Å². The molecule has 4 heteroatoms. The maximum absolute atomic E-state index is 11.0. The Morgan fingerprint density at radius 2 is 2.27 bits per heavy atom. The highest BCUT2D eigenvalue weighted by atomic mass is 35.5. The Labute approximate surface area is 93.9 Å². The number of hydrogen-bond acceptors (Lipinski definition) is 2. The Morgan fingerprint density at radius 1 is 1.60 bits per heavy atom. The molecule has 0 bridgehead atoms. The van der Waals surface area contributed by atoms with Crippen LogP contribution in [0.4, 0.5) is 0 Å². The van der Waals surface area contributed by atoms with E-state index in [1.807, 2.05) is 6.92 Å². The lowest BCUT2D eigenvalue weighted by molar-refractivity contribution is -0.138. The summed E-state index contributed by atoms with van der Waals surface area (Å²) in [6.07, 6.45) is 0.557. The van der Waals surface area contributed by atoms with Gasteiger partial charge in [-0.25, -0.2) is 0 Å². The second-order valence-electron chi connectivity index (χ2n) is 3.35. The largest absolute Gasteiger partial charge is 0.481 e. The van der Waals surface area contributed by atoms with Crippen LogP contribution in [0.5, 0.6) is 0 Å². The lowest BCUT2D eigenvalue weighted by atomic mass is 9.95. The lowest BCUT2D eigenvalue weighted by Crippen LogP contribution is -2.11. The molecule has 0 aliphatic carbocycles. The van der Waals surface area contributed by atoms with Gasteiger partial charge in [-0.15, -0.1) is 0 Å². The van der Waals surface area contributed by atoms with Crippen LogP contribution in [0.1, 0.15) is 30.4 Å². The minimum absolute atomic E-state index is 0.322. The molecule has 0 saturated heterocycles. The van der Waals surface area contributed by atoms with Gasteiger partial charge in [0, 0.05) is 11.6 Å². The number of rotatable bonds is 4. The van der Waals surface area contributed by atoms with Gasteiger partial charge in [-0.3, -0.25) is 4.79 Å². The van der Waals surface area contributed by atoms with E-state index in [9.17, 15) is 4.79 Å². The molecule has 0 aromatic heterocycles. The molecule has 1 aromatic carbocycles. The van der Waals surface area contributed by atoms with E-state index in [-0.39, 0.29) is 0 Å². The molecule has 1 atom stereocenters. The fourth-order valence-electron chi connectivity index (χ4n) is 1.52. The number of benzene rings is 1. The summed E-state index contributed by atoms with van der Waals surface area (Å²) in [5, 5.41) is 9.58. The molecular weight excluding hydrogens is 214 g/mol. The number of carboxylic acid groups (broad SMARTS) is 1. The van der Waals surface area contributed by atoms with Crippen LogP contribution in [-0.4, -0.2) is 11.1 Å². The smallest absolute Gasteiger partial charge is 0.310 e. The maximum Gasteiger partial charge on any atom is 0.310 e. The third-order valence-electron chi connectivity index (χ3n) is 2.40. The summed E-state index contributed by atoms with van der Waals surface area (Å²) in [5.74, 6) is -1.30. The summed E-state index contributed by atoms with van der Waals surface area (Å²) in [6, 6.07) is 5.21. The first-order chi connectivity index (χ1) is 7.10. The molecular formula is C11H14ClNO2. The highest BCUT2D eigenvalue weighted by Crippen LogP contribution is 2.24. The summed E-state index contributed by atoms with van der Waals surface area (Å²) in [4.78, 5) is 11.0. The minimum atomic E-state index is -0.817. The molecule has 0 aliphatic rings. The molecule has 0 spiro atoms. The molecule has 0 heterocycles. The zero-order valence-corrected chi connectivity index (χ0v) is 9.29. The van der Waals surface area contributed by atoms with Gasteiger partial charge in [0.05, 0.1) is 5.92 Å². The van der Waals surface area contributed by atoms with Crippen LogP contribution in [0.15, 0.2) is 18.2 Å². The second kappa shape index (κ2) is 5.14. The predicted molar refractivity (Wildman–Crippen MR) is 60.0 cm³/mol. The van der Waals surface area contributed by atoms with Crippen LogP contribution >= 0.6 is 11.6 Å². The molecule has 0 amide bonds. The first kappa shape index (κ1) is 12.0. The lowest BCUT2D eigenvalue weighted by Gasteiger charge is -2.12. The number of nitrogens with two attached hydrogens (primary N) is 1. The van der Waals surface area contributed by atoms with Crippen molar-refractivity contribution in [3.63, 3.8) is 0 Å². The van der Waals surface area contributed by atoms with E-state index in [0.717, 1.165) is 11.1 Å². The van der Waals surface area contributed by atoms with Crippen LogP contribution in [0.25, 0.3) is 0 Å². The van der Waals surface area contributed by atoms with Crippen LogP contribution in [-0.2, 0) is 11.3 Å². The fraction of sp³-hybridized carbons (Fsp3) is 0.364. The molecule has 0 fully saturated rings. The third kappa shape index (κ3) is 2.70. The van der Waals surface area contributed by atoms with Crippen molar-refractivity contribution in [1.29, 1.82) is 0 Å². The number of carboxylic acids is 1. The molecule has 15 heavy (non-hydrogen) atoms. The highest BCUT2D eigenvalue weighted by molar-refractivity contribution is 6.31. The number of aliphatic carboxylic acids is 1. The van der Waals surface area contributed by atoms with Crippen LogP contribution in [0, 0.1) is 0 Å². The zero-order valence-electron chi connectivity index (χ0n) is 8.53. The Kier molecular flexibility index (Phi) is 4.12. The average Bonchev–Trinajstić information content (AvgIpc) is 2.21. The summed E-state index contributed by atoms with van der Waals surface area (Å²) in [6.45, 7) is 2.16. The fourth-order valence-corrected chi connectivity index (χ4v) is 1.72. The maximum atomic E-state index is 11.0. The van der Waals surface area contributed by atoms with E-state index in [1.54, 1.807) is 18.2 Å². The average molecular weight is 228 g/mol. The van der Waals surface area contributed by atoms with Gasteiger partial charge in [-0.1, -0.05) is 30.7 Å². The standard InChI is InChI=1S/C11H14ClNO2/c1-2-9(11(14)15)7-3-4-10(12)8(5-7)6-13/h3-5,9H,2,6,13H2,1H3,(H,14,15). The van der Waals surface area contributed by atoms with Gasteiger partial charge in [0.15, 0.2) is 0 Å². The summed E-state index contributed by atoms with van der Waals surface area (Å²) in [5.41, 5.74) is 7.05. The first-order valence-corrected chi connectivity index (χ1v) is 5.19. The van der Waals surface area contributed by atoms with Gasteiger partial charge < -0.3 is 10.8 Å². The molecule has 1 rings (SSSR count). The third-order valence-corrected chi connectivity index (χ3v) is 2.77. The van der Waals surface area contributed by atoms with Crippen LogP contribution < -0.4 is 5.73 Å². The van der Waals surface area contributed by atoms with E-state index in [1.165, 1.54) is 0 Å². The minimum Gasteiger partial charge on any atom is -0.481 e. The zero-order chi connectivity index (χ0) is 11.4. The van der Waals surface area contributed by atoms with Crippen molar-refractivity contribution in [1.82, 2.24) is 0 Å². The summed E-state index contributed by atoms with van der Waals surface area (Å²) >= 11 is 5.90. The van der Waals surface area contributed by atoms with Crippen molar-refractivity contribution in [2.45, 2.75) is 25.8 Å². The molecule has 1 aromatic rings. The second-order valence-corrected chi connectivity index (χ2v) is 3.76. The van der Waals surface area contributed by atoms with E-state index in [0.29, 0.717) is 18.0 Å². The first-order valence-electron chi connectivity index (χ1n) is 4.81.